The summed E-state index contributed by atoms with van der Waals surface area (Å²) in [4.78, 5) is 17.5. The van der Waals surface area contributed by atoms with Gasteiger partial charge in [0.1, 0.15) is 11.6 Å². The lowest BCUT2D eigenvalue weighted by molar-refractivity contribution is -0.197. The number of ether oxygens (including phenoxy) is 1. The van der Waals surface area contributed by atoms with Crippen LogP contribution in [-0.4, -0.2) is 21.7 Å². The highest BCUT2D eigenvalue weighted by atomic mass is 32.1. The second-order valence-corrected chi connectivity index (χ2v) is 9.84. The molecule has 0 spiro atoms. The maximum absolute atomic E-state index is 12.9. The molecule has 4 fully saturated rings. The molecule has 0 saturated heterocycles. The standard InChI is InChI=1S/C19H21NO3S2/c21-17(18-4-12-3-13(5-18)7-19(22,6-12)11-18)23-8-15-10-25-16(20-15)14-1-2-24-9-14/h1-2,9-10,12-13,22H,3-8,11H2/t12-,13+,18?,19?. The van der Waals surface area contributed by atoms with Crippen molar-refractivity contribution in [3.05, 3.63) is 27.9 Å². The summed E-state index contributed by atoms with van der Waals surface area (Å²) in [5.74, 6) is 0.858. The van der Waals surface area contributed by atoms with Gasteiger partial charge in [-0.15, -0.1) is 11.3 Å². The van der Waals surface area contributed by atoms with E-state index in [4.69, 9.17) is 4.74 Å². The van der Waals surface area contributed by atoms with Crippen LogP contribution >= 0.6 is 22.7 Å². The minimum absolute atomic E-state index is 0.120. The number of rotatable bonds is 4. The maximum atomic E-state index is 12.9. The van der Waals surface area contributed by atoms with Gasteiger partial charge in [-0.2, -0.15) is 11.3 Å². The molecule has 0 aliphatic heterocycles. The number of hydrogen-bond donors (Lipinski definition) is 1. The largest absolute Gasteiger partial charge is 0.459 e. The SMILES string of the molecule is O=C(OCc1csc(-c2ccsc2)n1)C12C[C@@H]3C[C@@H](CC(O)(C3)C1)C2. The zero-order chi connectivity index (χ0) is 17.1. The average Bonchev–Trinajstić information content (AvgIpc) is 3.21. The Hall–Kier alpha value is -1.24. The Bertz CT molecular complexity index is 783. The highest BCUT2D eigenvalue weighted by Crippen LogP contribution is 2.62. The number of thiazole rings is 1. The molecular formula is C19H21NO3S2. The molecule has 0 radical (unpaired) electrons. The van der Waals surface area contributed by atoms with E-state index < -0.39 is 11.0 Å². The smallest absolute Gasteiger partial charge is 0.312 e. The number of aliphatic hydroxyl groups is 1. The Kier molecular flexibility index (Phi) is 3.60. The minimum atomic E-state index is -0.629. The quantitative estimate of drug-likeness (QED) is 0.812. The van der Waals surface area contributed by atoms with Gasteiger partial charge >= 0.3 is 5.97 Å². The number of hydrogen-bond acceptors (Lipinski definition) is 6. The monoisotopic (exact) mass is 375 g/mol. The molecule has 2 aromatic heterocycles. The van der Waals surface area contributed by atoms with Crippen LogP contribution in [0.4, 0.5) is 0 Å². The number of carbonyl (C=O) groups is 1. The van der Waals surface area contributed by atoms with Crippen LogP contribution in [-0.2, 0) is 16.1 Å². The van der Waals surface area contributed by atoms with Crippen LogP contribution in [0.1, 0.15) is 44.2 Å². The van der Waals surface area contributed by atoms with Crippen LogP contribution in [0.5, 0.6) is 0 Å². The molecule has 132 valence electrons. The van der Waals surface area contributed by atoms with Crippen molar-refractivity contribution in [3.8, 4) is 10.6 Å². The van der Waals surface area contributed by atoms with Gasteiger partial charge < -0.3 is 9.84 Å². The Morgan fingerprint density at radius 2 is 2.08 bits per heavy atom. The van der Waals surface area contributed by atoms with E-state index in [0.717, 1.165) is 41.9 Å². The summed E-state index contributed by atoms with van der Waals surface area (Å²) >= 11 is 3.23. The fourth-order valence-corrected chi connectivity index (χ4v) is 7.15. The van der Waals surface area contributed by atoms with Gasteiger partial charge in [0.15, 0.2) is 0 Å². The van der Waals surface area contributed by atoms with Crippen molar-refractivity contribution in [2.24, 2.45) is 17.3 Å². The van der Waals surface area contributed by atoms with Crippen molar-refractivity contribution in [3.63, 3.8) is 0 Å². The molecule has 6 rings (SSSR count). The minimum Gasteiger partial charge on any atom is -0.459 e. The van der Waals surface area contributed by atoms with Gasteiger partial charge in [0.05, 0.1) is 16.7 Å². The van der Waals surface area contributed by atoms with E-state index in [9.17, 15) is 9.90 Å². The molecule has 4 aliphatic rings. The topological polar surface area (TPSA) is 59.4 Å². The summed E-state index contributed by atoms with van der Waals surface area (Å²) in [5.41, 5.74) is 0.847. The molecular weight excluding hydrogens is 354 g/mol. The predicted molar refractivity (Wildman–Crippen MR) is 97.3 cm³/mol. The summed E-state index contributed by atoms with van der Waals surface area (Å²) in [6, 6.07) is 2.05. The molecule has 4 nitrogen and oxygen atoms in total. The van der Waals surface area contributed by atoms with Crippen LogP contribution in [0.15, 0.2) is 22.2 Å². The van der Waals surface area contributed by atoms with Crippen LogP contribution in [0.3, 0.4) is 0 Å². The average molecular weight is 376 g/mol. The van der Waals surface area contributed by atoms with Gasteiger partial charge in [-0.25, -0.2) is 4.98 Å². The third-order valence-electron chi connectivity index (χ3n) is 6.13. The number of thiophene rings is 1. The molecule has 4 saturated carbocycles. The summed E-state index contributed by atoms with van der Waals surface area (Å²) in [5, 5.41) is 17.8. The molecule has 4 aliphatic carbocycles. The normalized spacial score (nSPS) is 35.9. The summed E-state index contributed by atoms with van der Waals surface area (Å²) in [7, 11) is 0. The highest BCUT2D eigenvalue weighted by Gasteiger charge is 2.60. The lowest BCUT2D eigenvalue weighted by Gasteiger charge is -2.58. The molecule has 4 bridgehead atoms. The number of aromatic nitrogens is 1. The highest BCUT2D eigenvalue weighted by molar-refractivity contribution is 7.14. The first-order chi connectivity index (χ1) is 12.0. The van der Waals surface area contributed by atoms with Gasteiger partial charge in [0, 0.05) is 16.3 Å². The van der Waals surface area contributed by atoms with Crippen LogP contribution in [0, 0.1) is 17.3 Å². The molecule has 25 heavy (non-hydrogen) atoms. The van der Waals surface area contributed by atoms with Gasteiger partial charge in [0.2, 0.25) is 0 Å². The third-order valence-corrected chi connectivity index (χ3v) is 7.76. The lowest BCUT2D eigenvalue weighted by Crippen LogP contribution is -2.58. The Morgan fingerprint density at radius 1 is 1.28 bits per heavy atom. The van der Waals surface area contributed by atoms with E-state index in [0.29, 0.717) is 18.3 Å². The fourth-order valence-electron chi connectivity index (χ4n) is 5.64. The second kappa shape index (κ2) is 5.63. The van der Waals surface area contributed by atoms with Gasteiger partial charge in [-0.05, 0) is 61.8 Å². The van der Waals surface area contributed by atoms with Crippen molar-refractivity contribution in [2.45, 2.75) is 50.7 Å². The Balaban J connectivity index is 1.28. The van der Waals surface area contributed by atoms with Crippen molar-refractivity contribution >= 4 is 28.6 Å². The van der Waals surface area contributed by atoms with Gasteiger partial charge in [-0.1, -0.05) is 0 Å². The first kappa shape index (κ1) is 16.0. The molecule has 0 amide bonds. The first-order valence-electron chi connectivity index (χ1n) is 8.90. The van der Waals surface area contributed by atoms with Crippen molar-refractivity contribution in [2.75, 3.05) is 0 Å². The maximum Gasteiger partial charge on any atom is 0.312 e. The second-order valence-electron chi connectivity index (χ2n) is 8.20. The van der Waals surface area contributed by atoms with Crippen molar-refractivity contribution < 1.29 is 14.6 Å². The fraction of sp³-hybridized carbons (Fsp3) is 0.579. The third kappa shape index (κ3) is 2.75. The molecule has 1 N–H and O–H groups in total. The zero-order valence-corrected chi connectivity index (χ0v) is 15.6. The van der Waals surface area contributed by atoms with Crippen molar-refractivity contribution in [1.82, 2.24) is 4.98 Å². The Morgan fingerprint density at radius 3 is 2.76 bits per heavy atom. The Labute approximate surface area is 154 Å². The lowest BCUT2D eigenvalue weighted by atomic mass is 9.48. The van der Waals surface area contributed by atoms with E-state index in [1.54, 1.807) is 22.7 Å². The van der Waals surface area contributed by atoms with E-state index in [-0.39, 0.29) is 12.6 Å². The van der Waals surface area contributed by atoms with Crippen LogP contribution in [0.25, 0.3) is 10.6 Å². The van der Waals surface area contributed by atoms with Crippen molar-refractivity contribution in [1.29, 1.82) is 0 Å². The molecule has 2 heterocycles. The van der Waals surface area contributed by atoms with Crippen LogP contribution in [0.2, 0.25) is 0 Å². The number of esters is 1. The van der Waals surface area contributed by atoms with Gasteiger partial charge in [0.25, 0.3) is 0 Å². The molecule has 2 aromatic rings. The summed E-state index contributed by atoms with van der Waals surface area (Å²) in [6.07, 6.45) is 5.28. The number of carbonyl (C=O) groups excluding carboxylic acids is 1. The van der Waals surface area contributed by atoms with E-state index in [2.05, 4.69) is 16.4 Å². The number of nitrogens with zero attached hydrogens (tertiary/aromatic N) is 1. The predicted octanol–water partition coefficient (Wildman–Crippen LogP) is 4.25. The molecule has 2 unspecified atom stereocenters. The summed E-state index contributed by atoms with van der Waals surface area (Å²) in [6.45, 7) is 0.231. The van der Waals surface area contributed by atoms with Crippen LogP contribution < -0.4 is 0 Å². The first-order valence-corrected chi connectivity index (χ1v) is 10.7. The molecule has 4 atom stereocenters. The molecule has 0 aromatic carbocycles. The van der Waals surface area contributed by atoms with E-state index in [1.165, 1.54) is 6.42 Å². The van der Waals surface area contributed by atoms with E-state index in [1.807, 2.05) is 10.8 Å². The molecule has 6 heteroatoms. The van der Waals surface area contributed by atoms with E-state index >= 15 is 0 Å². The van der Waals surface area contributed by atoms with Gasteiger partial charge in [-0.3, -0.25) is 4.79 Å². The zero-order valence-electron chi connectivity index (χ0n) is 13.9. The summed E-state index contributed by atoms with van der Waals surface area (Å²) < 4.78 is 5.69.